The van der Waals surface area contributed by atoms with Gasteiger partial charge in [-0.25, -0.2) is 0 Å². The summed E-state index contributed by atoms with van der Waals surface area (Å²) in [6.07, 6.45) is -9.29. The second kappa shape index (κ2) is 9.50. The highest BCUT2D eigenvalue weighted by Gasteiger charge is 2.44. The minimum absolute atomic E-state index is 0.162. The number of alkyl halides is 6. The number of carbonyl (C=O) groups excluding carboxylic acids is 2. The second-order valence-corrected chi connectivity index (χ2v) is 9.82. The molecule has 0 heterocycles. The lowest BCUT2D eigenvalue weighted by atomic mass is 9.65. The van der Waals surface area contributed by atoms with Crippen LogP contribution in [0.5, 0.6) is 11.5 Å². The van der Waals surface area contributed by atoms with Crippen LogP contribution >= 0.6 is 0 Å². The van der Waals surface area contributed by atoms with Crippen LogP contribution in [0.2, 0.25) is 0 Å². The van der Waals surface area contributed by atoms with E-state index < -0.39 is 24.6 Å². The molecule has 0 aliphatic heterocycles. The first kappa shape index (κ1) is 26.6. The molecule has 0 radical (unpaired) electrons. The highest BCUT2D eigenvalue weighted by atomic mass is 19.4. The van der Waals surface area contributed by atoms with E-state index in [2.05, 4.69) is 9.47 Å². The van der Waals surface area contributed by atoms with Crippen molar-refractivity contribution in [2.45, 2.75) is 31.0 Å². The zero-order valence-electron chi connectivity index (χ0n) is 20.8. The number of halogens is 6. The monoisotopic (exact) mass is 568 g/mol. The van der Waals surface area contributed by atoms with Crippen LogP contribution in [-0.4, -0.2) is 24.3 Å². The Morgan fingerprint density at radius 3 is 1.20 bits per heavy atom. The molecule has 4 aromatic rings. The largest absolute Gasteiger partial charge is 0.573 e. The van der Waals surface area contributed by atoms with Crippen LogP contribution in [0.15, 0.2) is 84.9 Å². The third kappa shape index (κ3) is 5.17. The first-order valence-corrected chi connectivity index (χ1v) is 12.4. The van der Waals surface area contributed by atoms with E-state index in [1.54, 1.807) is 36.4 Å². The smallest absolute Gasteiger partial charge is 0.406 e. The Labute approximate surface area is 229 Å². The van der Waals surface area contributed by atoms with Crippen molar-refractivity contribution in [2.24, 2.45) is 0 Å². The lowest BCUT2D eigenvalue weighted by molar-refractivity contribution is -0.275. The van der Waals surface area contributed by atoms with Crippen molar-refractivity contribution in [3.8, 4) is 33.8 Å². The van der Waals surface area contributed by atoms with Gasteiger partial charge in [-0.15, -0.1) is 26.3 Å². The van der Waals surface area contributed by atoms with Crippen LogP contribution in [0.4, 0.5) is 26.3 Å². The van der Waals surface area contributed by atoms with Gasteiger partial charge < -0.3 is 9.47 Å². The molecule has 4 nitrogen and oxygen atoms in total. The lowest BCUT2D eigenvalue weighted by Crippen LogP contribution is -2.34. The molecular weight excluding hydrogens is 550 g/mol. The molecule has 2 aliphatic rings. The highest BCUT2D eigenvalue weighted by molar-refractivity contribution is 6.14. The molecule has 0 aromatic heterocycles. The van der Waals surface area contributed by atoms with Gasteiger partial charge in [0.25, 0.3) is 0 Å². The molecule has 0 spiro atoms. The summed E-state index contributed by atoms with van der Waals surface area (Å²) < 4.78 is 82.8. The molecule has 4 aromatic carbocycles. The Morgan fingerprint density at radius 1 is 0.512 bits per heavy atom. The molecule has 2 atom stereocenters. The van der Waals surface area contributed by atoms with Gasteiger partial charge >= 0.3 is 12.7 Å². The van der Waals surface area contributed by atoms with E-state index in [0.29, 0.717) is 50.9 Å². The number of benzene rings is 4. The fraction of sp³-hybridized carbons (Fsp3) is 0.161. The van der Waals surface area contributed by atoms with Gasteiger partial charge in [0.15, 0.2) is 11.6 Å². The summed E-state index contributed by atoms with van der Waals surface area (Å²) in [7, 11) is 0. The van der Waals surface area contributed by atoms with Crippen molar-refractivity contribution >= 4 is 11.6 Å². The number of Topliss-reactive ketones (excluding diaryl/α,β-unsaturated/α-hetero) is 2. The third-order valence-electron chi connectivity index (χ3n) is 7.34. The van der Waals surface area contributed by atoms with E-state index in [1.807, 2.05) is 0 Å². The van der Waals surface area contributed by atoms with Crippen molar-refractivity contribution < 1.29 is 45.4 Å². The zero-order chi connectivity index (χ0) is 29.1. The van der Waals surface area contributed by atoms with Crippen LogP contribution in [0.3, 0.4) is 0 Å². The first-order valence-electron chi connectivity index (χ1n) is 12.4. The summed E-state index contributed by atoms with van der Waals surface area (Å²) in [6.45, 7) is 0. The summed E-state index contributed by atoms with van der Waals surface area (Å²) in [5, 5.41) is 0. The molecule has 208 valence electrons. The highest BCUT2D eigenvalue weighted by Crippen LogP contribution is 2.48. The van der Waals surface area contributed by atoms with Gasteiger partial charge in [-0.3, -0.25) is 9.59 Å². The minimum Gasteiger partial charge on any atom is -0.406 e. The summed E-state index contributed by atoms with van der Waals surface area (Å²) in [4.78, 5) is 27.3. The van der Waals surface area contributed by atoms with Gasteiger partial charge in [0.1, 0.15) is 11.5 Å². The number of carbonyl (C=O) groups is 2. The fourth-order valence-corrected chi connectivity index (χ4v) is 5.57. The third-order valence-corrected chi connectivity index (χ3v) is 7.34. The Morgan fingerprint density at radius 2 is 0.854 bits per heavy atom. The van der Waals surface area contributed by atoms with Crippen LogP contribution in [0, 0.1) is 0 Å². The van der Waals surface area contributed by atoms with Crippen molar-refractivity contribution in [1.29, 1.82) is 0 Å². The topological polar surface area (TPSA) is 52.6 Å². The average Bonchev–Trinajstić information content (AvgIpc) is 2.92. The number of rotatable bonds is 4. The average molecular weight is 568 g/mol. The van der Waals surface area contributed by atoms with E-state index in [9.17, 15) is 35.9 Å². The van der Waals surface area contributed by atoms with E-state index >= 15 is 0 Å². The molecule has 0 saturated carbocycles. The molecule has 41 heavy (non-hydrogen) atoms. The van der Waals surface area contributed by atoms with Gasteiger partial charge in [0, 0.05) is 23.0 Å². The predicted molar refractivity (Wildman–Crippen MR) is 136 cm³/mol. The van der Waals surface area contributed by atoms with Crippen molar-refractivity contribution in [1.82, 2.24) is 0 Å². The van der Waals surface area contributed by atoms with Gasteiger partial charge in [-0.05, 0) is 76.2 Å². The van der Waals surface area contributed by atoms with Gasteiger partial charge in [0.05, 0.1) is 0 Å². The molecule has 6 rings (SSSR count). The van der Waals surface area contributed by atoms with E-state index in [-0.39, 0.29) is 23.1 Å². The Hall–Kier alpha value is -4.60. The van der Waals surface area contributed by atoms with E-state index in [1.165, 1.54) is 48.5 Å². The first-order chi connectivity index (χ1) is 19.4. The summed E-state index contributed by atoms with van der Waals surface area (Å²) in [5.74, 6) is -2.17. The maximum Gasteiger partial charge on any atom is 0.573 e. The van der Waals surface area contributed by atoms with E-state index in [4.69, 9.17) is 0 Å². The fourth-order valence-electron chi connectivity index (χ4n) is 5.57. The van der Waals surface area contributed by atoms with Crippen LogP contribution in [-0.2, 0) is 0 Å². The van der Waals surface area contributed by atoms with Crippen LogP contribution in [0.25, 0.3) is 22.3 Å². The number of hydrogen-bond donors (Lipinski definition) is 0. The summed E-state index contributed by atoms with van der Waals surface area (Å²) >= 11 is 0. The molecule has 2 unspecified atom stereocenters. The Kier molecular flexibility index (Phi) is 6.17. The lowest BCUT2D eigenvalue weighted by Gasteiger charge is -2.36. The molecule has 0 N–H and O–H groups in total. The number of ketones is 2. The SMILES string of the molecule is O=C1c2cc(-c3ccc(OC(F)(F)F)cc3)ccc2C2CC1c1ccc(-c3ccc(OC(F)(F)F)cc3)cc1C2=O. The van der Waals surface area contributed by atoms with Crippen molar-refractivity contribution in [2.75, 3.05) is 0 Å². The minimum atomic E-state index is -4.81. The predicted octanol–water partition coefficient (Wildman–Crippen LogP) is 8.47. The molecule has 0 fully saturated rings. The van der Waals surface area contributed by atoms with Gasteiger partial charge in [-0.2, -0.15) is 0 Å². The molecule has 2 aliphatic carbocycles. The summed E-state index contributed by atoms with van der Waals surface area (Å²) in [6, 6.07) is 20.8. The van der Waals surface area contributed by atoms with Crippen LogP contribution < -0.4 is 9.47 Å². The molecule has 2 bridgehead atoms. The zero-order valence-corrected chi connectivity index (χ0v) is 20.8. The molecular formula is C31H18F6O4. The number of fused-ring (bicyclic) bond motifs is 6. The Bertz CT molecular complexity index is 1550. The van der Waals surface area contributed by atoms with Gasteiger partial charge in [-0.1, -0.05) is 48.5 Å². The van der Waals surface area contributed by atoms with Crippen molar-refractivity contribution in [3.63, 3.8) is 0 Å². The second-order valence-electron chi connectivity index (χ2n) is 9.82. The summed E-state index contributed by atoms with van der Waals surface area (Å²) in [5.41, 5.74) is 4.32. The van der Waals surface area contributed by atoms with Crippen LogP contribution in [0.1, 0.15) is 50.1 Å². The molecule has 0 amide bonds. The standard InChI is InChI=1S/C31H18F6O4/c32-30(33,34)40-20-7-1-16(2-8-20)18-5-11-22-24(13-18)28(38)27-15-26(22)29(39)25-14-19(6-12-23(25)27)17-3-9-21(10-4-17)41-31(35,36)37/h1-14,26-27H,15H2. The van der Waals surface area contributed by atoms with Crippen molar-refractivity contribution in [3.05, 3.63) is 107 Å². The number of hydrogen-bond acceptors (Lipinski definition) is 4. The molecule has 0 saturated heterocycles. The number of ether oxygens (including phenoxy) is 2. The maximum absolute atomic E-state index is 13.6. The quantitative estimate of drug-likeness (QED) is 0.232. The maximum atomic E-state index is 13.6. The Balaban J connectivity index is 1.30. The van der Waals surface area contributed by atoms with E-state index in [0.717, 1.165) is 0 Å². The molecule has 10 heteroatoms. The normalized spacial score (nSPS) is 18.0. The van der Waals surface area contributed by atoms with Gasteiger partial charge in [0.2, 0.25) is 0 Å².